The first kappa shape index (κ1) is 16.8. The van der Waals surface area contributed by atoms with Gasteiger partial charge in [0.1, 0.15) is 0 Å². The van der Waals surface area contributed by atoms with Crippen molar-refractivity contribution in [3.05, 3.63) is 0 Å². The van der Waals surface area contributed by atoms with E-state index in [4.69, 9.17) is 0 Å². The molecular weight excluding hydrogens is 251 g/mol. The Morgan fingerprint density at radius 3 is 2.26 bits per heavy atom. The fraction of sp³-hybridized carbons (Fsp3) is 1.00. The summed E-state index contributed by atoms with van der Waals surface area (Å²) in [5.74, 6) is -0.779. The smallest absolute Gasteiger partial charge is 0.314 e. The van der Waals surface area contributed by atoms with Crippen LogP contribution in [0.4, 0.5) is 13.2 Å². The molecule has 1 aliphatic rings. The number of hydrogen-bond donors (Lipinski definition) is 1. The van der Waals surface area contributed by atoms with E-state index >= 15 is 0 Å². The lowest BCUT2D eigenvalue weighted by Crippen LogP contribution is -2.45. The van der Waals surface area contributed by atoms with E-state index in [1.54, 1.807) is 0 Å². The predicted octanol–water partition coefficient (Wildman–Crippen LogP) is 4.77. The molecule has 3 atom stereocenters. The van der Waals surface area contributed by atoms with Gasteiger partial charge in [0, 0.05) is 6.04 Å². The zero-order valence-corrected chi connectivity index (χ0v) is 12.4. The number of nitrogens with one attached hydrogen (secondary N) is 1. The van der Waals surface area contributed by atoms with Crippen molar-refractivity contribution in [1.82, 2.24) is 5.32 Å². The topological polar surface area (TPSA) is 12.0 Å². The maximum absolute atomic E-state index is 13.2. The van der Waals surface area contributed by atoms with Gasteiger partial charge < -0.3 is 5.32 Å². The summed E-state index contributed by atoms with van der Waals surface area (Å²) in [5, 5.41) is 3.31. The van der Waals surface area contributed by atoms with Crippen molar-refractivity contribution in [2.45, 2.75) is 71.5 Å². The second kappa shape index (κ2) is 7.51. The molecule has 1 fully saturated rings. The van der Waals surface area contributed by atoms with Crippen molar-refractivity contribution in [3.63, 3.8) is 0 Å². The SMILES string of the molecule is CCNC(CCC(C)C)C1CCCCC1C(F)(F)F. The van der Waals surface area contributed by atoms with E-state index in [0.29, 0.717) is 12.3 Å². The molecule has 1 aliphatic carbocycles. The van der Waals surface area contributed by atoms with Gasteiger partial charge in [-0.15, -0.1) is 0 Å². The standard InChI is InChI=1S/C15H28F3N/c1-4-19-14(10-9-11(2)3)12-7-5-6-8-13(12)15(16,17)18/h11-14,19H,4-10H2,1-3H3. The van der Waals surface area contributed by atoms with Gasteiger partial charge in [0.25, 0.3) is 0 Å². The van der Waals surface area contributed by atoms with Crippen molar-refractivity contribution in [1.29, 1.82) is 0 Å². The van der Waals surface area contributed by atoms with Gasteiger partial charge in [-0.05, 0) is 44.1 Å². The summed E-state index contributed by atoms with van der Waals surface area (Å²) in [4.78, 5) is 0. The highest BCUT2D eigenvalue weighted by Crippen LogP contribution is 2.43. The first-order valence-corrected chi connectivity index (χ1v) is 7.66. The third kappa shape index (κ3) is 5.33. The van der Waals surface area contributed by atoms with Crippen LogP contribution < -0.4 is 5.32 Å². The number of hydrogen-bond acceptors (Lipinski definition) is 1. The lowest BCUT2D eigenvalue weighted by atomic mass is 9.73. The van der Waals surface area contributed by atoms with E-state index in [-0.39, 0.29) is 12.0 Å². The van der Waals surface area contributed by atoms with E-state index in [9.17, 15) is 13.2 Å². The van der Waals surface area contributed by atoms with Crippen LogP contribution in [0.2, 0.25) is 0 Å². The molecule has 0 spiro atoms. The van der Waals surface area contributed by atoms with Crippen LogP contribution >= 0.6 is 0 Å². The third-order valence-electron chi connectivity index (χ3n) is 4.28. The van der Waals surface area contributed by atoms with Gasteiger partial charge in [-0.25, -0.2) is 0 Å². The highest BCUT2D eigenvalue weighted by Gasteiger charge is 2.47. The van der Waals surface area contributed by atoms with Crippen LogP contribution in [0.1, 0.15) is 59.3 Å². The molecule has 114 valence electrons. The summed E-state index contributed by atoms with van der Waals surface area (Å²) in [6, 6.07) is 0.0272. The summed E-state index contributed by atoms with van der Waals surface area (Å²) < 4.78 is 39.5. The Morgan fingerprint density at radius 2 is 1.74 bits per heavy atom. The summed E-state index contributed by atoms with van der Waals surface area (Å²) >= 11 is 0. The molecule has 19 heavy (non-hydrogen) atoms. The average Bonchev–Trinajstić information content (AvgIpc) is 2.33. The minimum atomic E-state index is -4.03. The van der Waals surface area contributed by atoms with Crippen LogP contribution in [0, 0.1) is 17.8 Å². The van der Waals surface area contributed by atoms with Gasteiger partial charge in [0.2, 0.25) is 0 Å². The van der Waals surface area contributed by atoms with Crippen LogP contribution in [-0.4, -0.2) is 18.8 Å². The zero-order valence-electron chi connectivity index (χ0n) is 12.4. The summed E-state index contributed by atoms with van der Waals surface area (Å²) in [5.41, 5.74) is 0. The molecule has 3 unspecified atom stereocenters. The van der Waals surface area contributed by atoms with Gasteiger partial charge in [-0.3, -0.25) is 0 Å². The quantitative estimate of drug-likeness (QED) is 0.738. The van der Waals surface area contributed by atoms with Crippen LogP contribution in [0.5, 0.6) is 0 Å². The van der Waals surface area contributed by atoms with Gasteiger partial charge >= 0.3 is 6.18 Å². The van der Waals surface area contributed by atoms with Gasteiger partial charge in [0.05, 0.1) is 5.92 Å². The molecule has 0 bridgehead atoms. The normalized spacial score (nSPS) is 26.7. The van der Waals surface area contributed by atoms with E-state index < -0.39 is 12.1 Å². The van der Waals surface area contributed by atoms with E-state index in [2.05, 4.69) is 19.2 Å². The molecule has 0 aromatic rings. The molecule has 0 saturated heterocycles. The molecule has 1 N–H and O–H groups in total. The van der Waals surface area contributed by atoms with Crippen LogP contribution in [0.25, 0.3) is 0 Å². The summed E-state index contributed by atoms with van der Waals surface area (Å²) in [7, 11) is 0. The maximum atomic E-state index is 13.2. The van der Waals surface area contributed by atoms with Crippen molar-refractivity contribution in [2.24, 2.45) is 17.8 Å². The Kier molecular flexibility index (Phi) is 6.64. The first-order chi connectivity index (χ1) is 8.86. The molecule has 1 saturated carbocycles. The summed E-state index contributed by atoms with van der Waals surface area (Å²) in [6.45, 7) is 6.99. The lowest BCUT2D eigenvalue weighted by molar-refractivity contribution is -0.199. The van der Waals surface area contributed by atoms with Gasteiger partial charge in [0.15, 0.2) is 0 Å². The van der Waals surface area contributed by atoms with Crippen molar-refractivity contribution in [2.75, 3.05) is 6.54 Å². The Balaban J connectivity index is 2.72. The summed E-state index contributed by atoms with van der Waals surface area (Å²) in [6.07, 6.45) is 0.542. The van der Waals surface area contributed by atoms with Crippen molar-refractivity contribution in [3.8, 4) is 0 Å². The first-order valence-electron chi connectivity index (χ1n) is 7.66. The predicted molar refractivity (Wildman–Crippen MR) is 73.0 cm³/mol. The molecular formula is C15H28F3N. The van der Waals surface area contributed by atoms with E-state index in [1.807, 2.05) is 6.92 Å². The Labute approximate surface area is 115 Å². The van der Waals surface area contributed by atoms with Crippen molar-refractivity contribution < 1.29 is 13.2 Å². The molecule has 0 amide bonds. The molecule has 0 heterocycles. The van der Waals surface area contributed by atoms with Crippen LogP contribution in [0.3, 0.4) is 0 Å². The largest absolute Gasteiger partial charge is 0.392 e. The maximum Gasteiger partial charge on any atom is 0.392 e. The van der Waals surface area contributed by atoms with Gasteiger partial charge in [-0.1, -0.05) is 33.6 Å². The minimum absolute atomic E-state index is 0.0272. The zero-order chi connectivity index (χ0) is 14.5. The second-order valence-corrected chi connectivity index (χ2v) is 6.23. The Hall–Kier alpha value is -0.250. The molecule has 1 rings (SSSR count). The van der Waals surface area contributed by atoms with E-state index in [1.165, 1.54) is 0 Å². The fourth-order valence-electron chi connectivity index (χ4n) is 3.29. The molecule has 0 aromatic carbocycles. The van der Waals surface area contributed by atoms with Crippen LogP contribution in [-0.2, 0) is 0 Å². The third-order valence-corrected chi connectivity index (χ3v) is 4.28. The number of halogens is 3. The minimum Gasteiger partial charge on any atom is -0.314 e. The van der Waals surface area contributed by atoms with E-state index in [0.717, 1.165) is 38.6 Å². The highest BCUT2D eigenvalue weighted by molar-refractivity contribution is 4.88. The monoisotopic (exact) mass is 279 g/mol. The molecule has 4 heteroatoms. The number of rotatable bonds is 6. The number of alkyl halides is 3. The molecule has 1 nitrogen and oxygen atoms in total. The Bertz CT molecular complexity index is 250. The van der Waals surface area contributed by atoms with Gasteiger partial charge in [-0.2, -0.15) is 13.2 Å². The Morgan fingerprint density at radius 1 is 1.11 bits per heavy atom. The molecule has 0 aliphatic heterocycles. The fourth-order valence-corrected chi connectivity index (χ4v) is 3.29. The molecule has 0 aromatic heterocycles. The van der Waals surface area contributed by atoms with Crippen LogP contribution in [0.15, 0.2) is 0 Å². The average molecular weight is 279 g/mol. The lowest BCUT2D eigenvalue weighted by Gasteiger charge is -2.38. The van der Waals surface area contributed by atoms with Crippen molar-refractivity contribution >= 4 is 0 Å². The second-order valence-electron chi connectivity index (χ2n) is 6.23. The molecule has 0 radical (unpaired) electrons. The highest BCUT2D eigenvalue weighted by atomic mass is 19.4.